The molecule has 0 radical (unpaired) electrons. The molecule has 1 aromatic carbocycles. The number of hydrogen-bond donors (Lipinski definition) is 0. The van der Waals surface area contributed by atoms with E-state index in [9.17, 15) is 0 Å². The summed E-state index contributed by atoms with van der Waals surface area (Å²) < 4.78 is 0. The van der Waals surface area contributed by atoms with E-state index in [2.05, 4.69) is 53.5 Å². The molecule has 1 atom stereocenters. The van der Waals surface area contributed by atoms with Gasteiger partial charge in [0.2, 0.25) is 0 Å². The Morgan fingerprint density at radius 2 is 1.94 bits per heavy atom. The number of benzene rings is 1. The molecule has 1 aliphatic heterocycles. The van der Waals surface area contributed by atoms with Crippen LogP contribution in [0.15, 0.2) is 65.4 Å². The average Bonchev–Trinajstić information content (AvgIpc) is 2.82. The van der Waals surface area contributed by atoms with Gasteiger partial charge in [0.15, 0.2) is 0 Å². The molecule has 0 amide bonds. The normalized spacial score (nSPS) is 25.2. The zero-order valence-corrected chi connectivity index (χ0v) is 10.5. The van der Waals surface area contributed by atoms with E-state index in [4.69, 9.17) is 0 Å². The van der Waals surface area contributed by atoms with Crippen molar-refractivity contribution in [3.8, 4) is 0 Å². The number of para-hydroxylation sites is 1. The van der Waals surface area contributed by atoms with Crippen molar-refractivity contribution in [3.05, 3.63) is 65.4 Å². The van der Waals surface area contributed by atoms with Crippen molar-refractivity contribution in [3.63, 3.8) is 0 Å². The van der Waals surface area contributed by atoms with Gasteiger partial charge in [0.1, 0.15) is 0 Å². The van der Waals surface area contributed by atoms with Crippen LogP contribution in [0.2, 0.25) is 0 Å². The summed E-state index contributed by atoms with van der Waals surface area (Å²) in [5.74, 6) is 0.625. The van der Waals surface area contributed by atoms with Gasteiger partial charge in [0.05, 0.1) is 0 Å². The van der Waals surface area contributed by atoms with Gasteiger partial charge in [0, 0.05) is 23.8 Å². The first-order valence-corrected chi connectivity index (χ1v) is 6.87. The minimum atomic E-state index is 0.625. The molecule has 0 spiro atoms. The molecule has 0 saturated carbocycles. The zero-order chi connectivity index (χ0) is 11.9. The highest BCUT2D eigenvalue weighted by atomic mass is 15.2. The first-order chi connectivity index (χ1) is 8.93. The van der Waals surface area contributed by atoms with Gasteiger partial charge < -0.3 is 4.90 Å². The molecule has 1 aromatic rings. The lowest BCUT2D eigenvalue weighted by atomic mass is 9.83. The topological polar surface area (TPSA) is 3.24 Å². The van der Waals surface area contributed by atoms with Crippen molar-refractivity contribution in [1.29, 1.82) is 0 Å². The summed E-state index contributed by atoms with van der Waals surface area (Å²) in [6.07, 6.45) is 10.7. The third-order valence-corrected chi connectivity index (χ3v) is 4.30. The van der Waals surface area contributed by atoms with E-state index in [-0.39, 0.29) is 0 Å². The van der Waals surface area contributed by atoms with Crippen LogP contribution in [0.1, 0.15) is 19.3 Å². The third-order valence-electron chi connectivity index (χ3n) is 4.30. The fraction of sp³-hybridized carbons (Fsp3) is 0.294. The first kappa shape index (κ1) is 10.2. The molecule has 1 heteroatoms. The molecule has 1 nitrogen and oxygen atoms in total. The van der Waals surface area contributed by atoms with Crippen LogP contribution in [0.4, 0.5) is 5.69 Å². The molecule has 3 aliphatic rings. The van der Waals surface area contributed by atoms with Gasteiger partial charge in [-0.05, 0) is 42.5 Å². The molecule has 0 aromatic heterocycles. The Hall–Kier alpha value is -1.76. The second-order valence-corrected chi connectivity index (χ2v) is 5.34. The molecular formula is C17H17N. The number of hydrogen-bond acceptors (Lipinski definition) is 1. The Morgan fingerprint density at radius 1 is 1.06 bits per heavy atom. The highest BCUT2D eigenvalue weighted by Crippen LogP contribution is 2.45. The van der Waals surface area contributed by atoms with Crippen molar-refractivity contribution in [2.75, 3.05) is 11.4 Å². The SMILES string of the molecule is C1=CC2CN(c3ccccc3)C3=C2C(=C1)CCC3. The summed E-state index contributed by atoms with van der Waals surface area (Å²) in [7, 11) is 0. The molecule has 0 bridgehead atoms. The highest BCUT2D eigenvalue weighted by Gasteiger charge is 2.35. The van der Waals surface area contributed by atoms with E-state index in [0.717, 1.165) is 6.54 Å². The predicted molar refractivity (Wildman–Crippen MR) is 75.4 cm³/mol. The molecule has 0 fully saturated rings. The van der Waals surface area contributed by atoms with Crippen LogP contribution >= 0.6 is 0 Å². The van der Waals surface area contributed by atoms with E-state index in [0.29, 0.717) is 5.92 Å². The fourth-order valence-corrected chi connectivity index (χ4v) is 3.54. The monoisotopic (exact) mass is 235 g/mol. The van der Waals surface area contributed by atoms with Gasteiger partial charge in [-0.15, -0.1) is 0 Å². The standard InChI is InChI=1S/C17H17N/c1-2-9-15(10-3-1)18-12-14-8-4-6-13-7-5-11-16(18)17(13)14/h1-4,6,8-10,14H,5,7,11-12H2. The lowest BCUT2D eigenvalue weighted by Crippen LogP contribution is -2.20. The largest absolute Gasteiger partial charge is 0.344 e. The minimum Gasteiger partial charge on any atom is -0.344 e. The number of rotatable bonds is 1. The van der Waals surface area contributed by atoms with Crippen LogP contribution in [0.5, 0.6) is 0 Å². The molecule has 2 aliphatic carbocycles. The van der Waals surface area contributed by atoms with Gasteiger partial charge in [-0.1, -0.05) is 36.4 Å². The van der Waals surface area contributed by atoms with Crippen LogP contribution < -0.4 is 4.90 Å². The van der Waals surface area contributed by atoms with Gasteiger partial charge in [0.25, 0.3) is 0 Å². The van der Waals surface area contributed by atoms with Crippen LogP contribution in [0.3, 0.4) is 0 Å². The molecular weight excluding hydrogens is 218 g/mol. The number of allylic oxidation sites excluding steroid dienone is 4. The molecule has 1 heterocycles. The Balaban J connectivity index is 1.82. The summed E-state index contributed by atoms with van der Waals surface area (Å²) in [4.78, 5) is 2.53. The molecule has 0 N–H and O–H groups in total. The van der Waals surface area contributed by atoms with Crippen LogP contribution in [-0.4, -0.2) is 6.54 Å². The number of anilines is 1. The summed E-state index contributed by atoms with van der Waals surface area (Å²) in [5, 5.41) is 0. The van der Waals surface area contributed by atoms with Crippen molar-refractivity contribution in [2.24, 2.45) is 5.92 Å². The van der Waals surface area contributed by atoms with E-state index in [1.54, 1.807) is 16.8 Å². The van der Waals surface area contributed by atoms with Crippen LogP contribution in [0, 0.1) is 5.92 Å². The summed E-state index contributed by atoms with van der Waals surface area (Å²) in [6.45, 7) is 1.13. The quantitative estimate of drug-likeness (QED) is 0.709. The Morgan fingerprint density at radius 3 is 2.83 bits per heavy atom. The van der Waals surface area contributed by atoms with Crippen molar-refractivity contribution >= 4 is 5.69 Å². The van der Waals surface area contributed by atoms with Crippen LogP contribution in [-0.2, 0) is 0 Å². The molecule has 0 saturated heterocycles. The predicted octanol–water partition coefficient (Wildman–Crippen LogP) is 4.06. The Kier molecular flexibility index (Phi) is 2.19. The van der Waals surface area contributed by atoms with Crippen molar-refractivity contribution in [1.82, 2.24) is 0 Å². The van der Waals surface area contributed by atoms with Gasteiger partial charge in [-0.3, -0.25) is 0 Å². The Bertz CT molecular complexity index is 563. The van der Waals surface area contributed by atoms with Crippen LogP contribution in [0.25, 0.3) is 0 Å². The average molecular weight is 235 g/mol. The smallest absolute Gasteiger partial charge is 0.0408 e. The van der Waals surface area contributed by atoms with Gasteiger partial charge >= 0.3 is 0 Å². The van der Waals surface area contributed by atoms with Crippen molar-refractivity contribution < 1.29 is 0 Å². The van der Waals surface area contributed by atoms with E-state index >= 15 is 0 Å². The molecule has 90 valence electrons. The van der Waals surface area contributed by atoms with Crippen molar-refractivity contribution in [2.45, 2.75) is 19.3 Å². The van der Waals surface area contributed by atoms with E-state index in [1.165, 1.54) is 24.9 Å². The van der Waals surface area contributed by atoms with E-state index in [1.807, 2.05) is 0 Å². The fourth-order valence-electron chi connectivity index (χ4n) is 3.54. The lowest BCUT2D eigenvalue weighted by molar-refractivity contribution is 0.745. The minimum absolute atomic E-state index is 0.625. The third kappa shape index (κ3) is 1.40. The summed E-state index contributed by atoms with van der Waals surface area (Å²) >= 11 is 0. The summed E-state index contributed by atoms with van der Waals surface area (Å²) in [5.41, 5.74) is 6.15. The molecule has 1 unspecified atom stereocenters. The number of nitrogens with zero attached hydrogens (tertiary/aromatic N) is 1. The second kappa shape index (κ2) is 3.88. The van der Waals surface area contributed by atoms with Gasteiger partial charge in [-0.25, -0.2) is 0 Å². The maximum atomic E-state index is 2.53. The zero-order valence-electron chi connectivity index (χ0n) is 10.5. The summed E-state index contributed by atoms with van der Waals surface area (Å²) in [6, 6.07) is 10.8. The first-order valence-electron chi connectivity index (χ1n) is 6.87. The van der Waals surface area contributed by atoms with E-state index < -0.39 is 0 Å². The molecule has 18 heavy (non-hydrogen) atoms. The maximum absolute atomic E-state index is 2.53. The second-order valence-electron chi connectivity index (χ2n) is 5.34. The van der Waals surface area contributed by atoms with Gasteiger partial charge in [-0.2, -0.15) is 0 Å². The molecule has 4 rings (SSSR count). The maximum Gasteiger partial charge on any atom is 0.0408 e. The lowest BCUT2D eigenvalue weighted by Gasteiger charge is -2.26. The highest BCUT2D eigenvalue weighted by molar-refractivity contribution is 5.62. The Labute approximate surface area is 108 Å².